The van der Waals surface area contributed by atoms with E-state index in [0.29, 0.717) is 54.1 Å². The van der Waals surface area contributed by atoms with Gasteiger partial charge < -0.3 is 30.6 Å². The van der Waals surface area contributed by atoms with Crippen molar-refractivity contribution in [1.82, 2.24) is 9.97 Å². The normalized spacial score (nSPS) is 10.9. The maximum atomic E-state index is 12.6. The van der Waals surface area contributed by atoms with Crippen molar-refractivity contribution in [3.05, 3.63) is 57.5 Å². The van der Waals surface area contributed by atoms with E-state index in [9.17, 15) is 9.59 Å². The van der Waals surface area contributed by atoms with Crippen LogP contribution in [0.4, 0.5) is 28.4 Å². The van der Waals surface area contributed by atoms with Crippen LogP contribution in [0.1, 0.15) is 19.3 Å². The predicted octanol–water partition coefficient (Wildman–Crippen LogP) is 6.21. The quantitative estimate of drug-likeness (QED) is 0.194. The minimum absolute atomic E-state index is 0.262. The van der Waals surface area contributed by atoms with E-state index >= 15 is 0 Å². The molecule has 0 aliphatic rings. The highest BCUT2D eigenvalue weighted by Gasteiger charge is 2.22. The first kappa shape index (κ1) is 25.5. The minimum atomic E-state index is -0.527. The van der Waals surface area contributed by atoms with Crippen LogP contribution in [0.3, 0.4) is 0 Å². The van der Waals surface area contributed by atoms with Crippen molar-refractivity contribution in [3.8, 4) is 5.75 Å². The van der Waals surface area contributed by atoms with Crippen LogP contribution in [0.5, 0.6) is 5.75 Å². The number of hydrogen-bond acceptors (Lipinski definition) is 12. The second-order valence-corrected chi connectivity index (χ2v) is 10.4. The van der Waals surface area contributed by atoms with Crippen LogP contribution in [0, 0.1) is 0 Å². The first-order chi connectivity index (χ1) is 18.3. The lowest BCUT2D eigenvalue weighted by molar-refractivity contribution is 0.0598. The minimum Gasteiger partial charge on any atom is -0.497 e. The van der Waals surface area contributed by atoms with Crippen LogP contribution in [-0.4, -0.2) is 43.2 Å². The number of ether oxygens (including phenoxy) is 3. The fraction of sp³-hybridized carbons (Fsp3) is 0.120. The second kappa shape index (κ2) is 10.3. The fourth-order valence-electron chi connectivity index (χ4n) is 3.74. The fourth-order valence-corrected chi connectivity index (χ4v) is 6.01. The van der Waals surface area contributed by atoms with Gasteiger partial charge in [0.1, 0.15) is 26.5 Å². The number of nitrogen functional groups attached to an aromatic ring is 1. The second-order valence-electron chi connectivity index (χ2n) is 7.87. The molecule has 4 heterocycles. The molecular formula is C25H20ClN5O5S2. The molecule has 5 aromatic rings. The SMILES string of the molecule is COC(=O)c1sc2cc(Nc3c(C(=O)OC)sc4cc(Nc5cc(OC)ccc5Cl)cnc34)cnc2c1N. The molecule has 0 aliphatic heterocycles. The van der Waals surface area contributed by atoms with Crippen LogP contribution in [0.25, 0.3) is 20.4 Å². The Morgan fingerprint density at radius 3 is 2.16 bits per heavy atom. The molecule has 13 heteroatoms. The van der Waals surface area contributed by atoms with Crippen molar-refractivity contribution >= 4 is 95.1 Å². The summed E-state index contributed by atoms with van der Waals surface area (Å²) in [6, 6.07) is 8.94. The maximum absolute atomic E-state index is 12.6. The summed E-state index contributed by atoms with van der Waals surface area (Å²) >= 11 is 8.74. The molecule has 38 heavy (non-hydrogen) atoms. The molecule has 0 aliphatic carbocycles. The first-order valence-electron chi connectivity index (χ1n) is 11.0. The molecule has 1 aromatic carbocycles. The largest absolute Gasteiger partial charge is 0.497 e. The monoisotopic (exact) mass is 569 g/mol. The number of nitrogens with zero attached hydrogens (tertiary/aromatic N) is 2. The van der Waals surface area contributed by atoms with Gasteiger partial charge in [-0.3, -0.25) is 9.97 Å². The molecule has 0 atom stereocenters. The molecular weight excluding hydrogens is 550 g/mol. The molecule has 0 spiro atoms. The lowest BCUT2D eigenvalue weighted by Gasteiger charge is -2.10. The van der Waals surface area contributed by atoms with Gasteiger partial charge in [-0.2, -0.15) is 0 Å². The first-order valence-corrected chi connectivity index (χ1v) is 13.0. The Balaban J connectivity index is 1.53. The number of pyridine rings is 2. The number of nitrogens with two attached hydrogens (primary N) is 1. The van der Waals surface area contributed by atoms with Gasteiger partial charge in [-0.1, -0.05) is 11.6 Å². The summed E-state index contributed by atoms with van der Waals surface area (Å²) in [7, 11) is 4.19. The van der Waals surface area contributed by atoms with E-state index in [1.165, 1.54) is 36.9 Å². The van der Waals surface area contributed by atoms with Gasteiger partial charge in [0.05, 0.1) is 76.6 Å². The Bertz CT molecular complexity index is 1720. The number of hydrogen-bond donors (Lipinski definition) is 3. The zero-order valence-corrected chi connectivity index (χ0v) is 22.6. The molecule has 4 N–H and O–H groups in total. The highest BCUT2D eigenvalue weighted by molar-refractivity contribution is 7.22. The number of esters is 2. The van der Waals surface area contributed by atoms with Crippen molar-refractivity contribution in [3.63, 3.8) is 0 Å². The lowest BCUT2D eigenvalue weighted by atomic mass is 10.2. The van der Waals surface area contributed by atoms with Crippen LogP contribution in [0.15, 0.2) is 42.7 Å². The van der Waals surface area contributed by atoms with Crippen molar-refractivity contribution < 1.29 is 23.8 Å². The molecule has 4 aromatic heterocycles. The number of aromatic nitrogens is 2. The van der Waals surface area contributed by atoms with E-state index in [4.69, 9.17) is 31.5 Å². The smallest absolute Gasteiger partial charge is 0.350 e. The van der Waals surface area contributed by atoms with E-state index < -0.39 is 11.9 Å². The molecule has 0 radical (unpaired) electrons. The van der Waals surface area contributed by atoms with Crippen molar-refractivity contribution in [1.29, 1.82) is 0 Å². The highest BCUT2D eigenvalue weighted by atomic mass is 35.5. The van der Waals surface area contributed by atoms with E-state index in [0.717, 1.165) is 4.70 Å². The van der Waals surface area contributed by atoms with Crippen molar-refractivity contribution in [2.75, 3.05) is 37.7 Å². The molecule has 0 saturated heterocycles. The number of fused-ring (bicyclic) bond motifs is 2. The summed E-state index contributed by atoms with van der Waals surface area (Å²) in [4.78, 5) is 34.3. The molecule has 5 rings (SSSR count). The number of carbonyl (C=O) groups is 2. The molecule has 0 fully saturated rings. The number of halogens is 1. The van der Waals surface area contributed by atoms with E-state index in [-0.39, 0.29) is 10.6 Å². The molecule has 10 nitrogen and oxygen atoms in total. The van der Waals surface area contributed by atoms with E-state index in [1.54, 1.807) is 43.8 Å². The van der Waals surface area contributed by atoms with Gasteiger partial charge in [0, 0.05) is 6.07 Å². The maximum Gasteiger partial charge on any atom is 0.350 e. The van der Waals surface area contributed by atoms with Gasteiger partial charge in [0.25, 0.3) is 0 Å². The summed E-state index contributed by atoms with van der Waals surface area (Å²) in [5.41, 5.74) is 9.78. The average molecular weight is 570 g/mol. The number of rotatable bonds is 7. The third kappa shape index (κ3) is 4.64. The third-order valence-corrected chi connectivity index (χ3v) is 8.11. The Hall–Kier alpha value is -4.13. The summed E-state index contributed by atoms with van der Waals surface area (Å²) in [5.74, 6) is -0.387. The number of anilines is 5. The van der Waals surface area contributed by atoms with Crippen LogP contribution in [-0.2, 0) is 9.47 Å². The van der Waals surface area contributed by atoms with Crippen LogP contribution < -0.4 is 21.1 Å². The van der Waals surface area contributed by atoms with Gasteiger partial charge in [-0.25, -0.2) is 9.59 Å². The Kier molecular flexibility index (Phi) is 6.93. The van der Waals surface area contributed by atoms with Gasteiger partial charge >= 0.3 is 11.9 Å². The zero-order valence-electron chi connectivity index (χ0n) is 20.2. The summed E-state index contributed by atoms with van der Waals surface area (Å²) in [5, 5.41) is 7.00. The topological polar surface area (TPSA) is 138 Å². The number of nitrogens with one attached hydrogen (secondary N) is 2. The lowest BCUT2D eigenvalue weighted by Crippen LogP contribution is -2.03. The predicted molar refractivity (Wildman–Crippen MR) is 151 cm³/mol. The number of thiophene rings is 2. The van der Waals surface area contributed by atoms with Gasteiger partial charge in [0.15, 0.2) is 0 Å². The molecule has 0 saturated carbocycles. The van der Waals surface area contributed by atoms with Crippen molar-refractivity contribution in [2.45, 2.75) is 0 Å². The summed E-state index contributed by atoms with van der Waals surface area (Å²) in [6.45, 7) is 0. The van der Waals surface area contributed by atoms with E-state index in [2.05, 4.69) is 20.6 Å². The van der Waals surface area contributed by atoms with Gasteiger partial charge in [0.2, 0.25) is 0 Å². The molecule has 0 unspecified atom stereocenters. The number of carbonyl (C=O) groups excluding carboxylic acids is 2. The van der Waals surface area contributed by atoms with Gasteiger partial charge in [-0.05, 0) is 24.3 Å². The van der Waals surface area contributed by atoms with Crippen molar-refractivity contribution in [2.24, 2.45) is 0 Å². The zero-order chi connectivity index (χ0) is 27.0. The summed E-state index contributed by atoms with van der Waals surface area (Å²) < 4.78 is 16.5. The molecule has 0 amide bonds. The molecule has 194 valence electrons. The Morgan fingerprint density at radius 2 is 1.47 bits per heavy atom. The Labute approximate surface area is 229 Å². The van der Waals surface area contributed by atoms with E-state index in [1.807, 2.05) is 6.07 Å². The van der Waals surface area contributed by atoms with Gasteiger partial charge in [-0.15, -0.1) is 22.7 Å². The average Bonchev–Trinajstić information content (AvgIpc) is 3.45. The standard InChI is InChI=1S/C25H20ClN5O5S2/c1-34-13-4-5-14(26)15(8-13)30-11-6-17-20(29-9-11)21(23(38-17)25(33)36-3)31-12-7-16-19(28-10-12)18(27)22(37-16)24(32)35-2/h4-10,30-31H,27H2,1-3H3. The highest BCUT2D eigenvalue weighted by Crippen LogP contribution is 2.40. The summed E-state index contributed by atoms with van der Waals surface area (Å²) in [6.07, 6.45) is 3.21. The third-order valence-electron chi connectivity index (χ3n) is 5.56. The number of methoxy groups -OCH3 is 3. The van der Waals surface area contributed by atoms with Crippen LogP contribution in [0.2, 0.25) is 5.02 Å². The number of benzene rings is 1. The van der Waals surface area contributed by atoms with Crippen LogP contribution >= 0.6 is 34.3 Å². The molecule has 0 bridgehead atoms. The Morgan fingerprint density at radius 1 is 0.868 bits per heavy atom.